The summed E-state index contributed by atoms with van der Waals surface area (Å²) in [5, 5.41) is 5.03. The van der Waals surface area contributed by atoms with Crippen molar-refractivity contribution in [1.29, 1.82) is 0 Å². The maximum absolute atomic E-state index is 13.8. The van der Waals surface area contributed by atoms with Crippen LogP contribution in [0.3, 0.4) is 0 Å². The van der Waals surface area contributed by atoms with Gasteiger partial charge >= 0.3 is 0 Å². The lowest BCUT2D eigenvalue weighted by Gasteiger charge is -2.06. The number of aryl methyl sites for hydroxylation is 1. The zero-order valence-corrected chi connectivity index (χ0v) is 15.5. The number of thiazole rings is 1. The van der Waals surface area contributed by atoms with Crippen LogP contribution in [-0.4, -0.2) is 10.9 Å². The van der Waals surface area contributed by atoms with Gasteiger partial charge in [0.15, 0.2) is 5.82 Å². The van der Waals surface area contributed by atoms with Crippen molar-refractivity contribution in [2.75, 3.05) is 5.32 Å². The first-order chi connectivity index (χ1) is 12.5. The van der Waals surface area contributed by atoms with E-state index in [1.807, 2.05) is 31.2 Å². The molecule has 1 amide bonds. The largest absolute Gasteiger partial charge is 0.486 e. The van der Waals surface area contributed by atoms with E-state index in [4.69, 9.17) is 16.3 Å². The highest BCUT2D eigenvalue weighted by Gasteiger charge is 2.12. The number of anilines is 1. The Bertz CT molecular complexity index is 912. The normalized spacial score (nSPS) is 10.6. The van der Waals surface area contributed by atoms with E-state index in [2.05, 4.69) is 10.3 Å². The predicted molar refractivity (Wildman–Crippen MR) is 101 cm³/mol. The first kappa shape index (κ1) is 18.4. The fraction of sp³-hybridized carbons (Fsp3) is 0.158. The van der Waals surface area contributed by atoms with E-state index in [9.17, 15) is 9.18 Å². The van der Waals surface area contributed by atoms with Crippen LogP contribution < -0.4 is 10.1 Å². The highest BCUT2D eigenvalue weighted by Crippen LogP contribution is 2.22. The minimum absolute atomic E-state index is 0.0352. The standard InChI is InChI=1S/C19H16ClFN2O2S/c1-12-5-7-14(8-6-12)25-10-18-22-13(11-26-18)9-17(24)23-16-4-2-3-15(20)19(16)21/h2-8,11H,9-10H2,1H3,(H,23,24). The molecule has 2 aromatic carbocycles. The van der Waals surface area contributed by atoms with E-state index in [1.165, 1.54) is 23.5 Å². The van der Waals surface area contributed by atoms with Crippen LogP contribution >= 0.6 is 22.9 Å². The Morgan fingerprint density at radius 3 is 2.81 bits per heavy atom. The van der Waals surface area contributed by atoms with Crippen molar-refractivity contribution in [2.24, 2.45) is 0 Å². The smallest absolute Gasteiger partial charge is 0.230 e. The van der Waals surface area contributed by atoms with Gasteiger partial charge in [0, 0.05) is 5.38 Å². The number of carbonyl (C=O) groups is 1. The van der Waals surface area contributed by atoms with Crippen LogP contribution in [0.4, 0.5) is 10.1 Å². The Balaban J connectivity index is 1.55. The third kappa shape index (κ3) is 4.80. The maximum atomic E-state index is 13.8. The van der Waals surface area contributed by atoms with Crippen LogP contribution in [0, 0.1) is 12.7 Å². The highest BCUT2D eigenvalue weighted by molar-refractivity contribution is 7.09. The molecule has 0 aliphatic carbocycles. The molecule has 0 spiro atoms. The number of carbonyl (C=O) groups excluding carboxylic acids is 1. The van der Waals surface area contributed by atoms with Gasteiger partial charge < -0.3 is 10.1 Å². The summed E-state index contributed by atoms with van der Waals surface area (Å²) in [4.78, 5) is 16.5. The number of rotatable bonds is 6. The maximum Gasteiger partial charge on any atom is 0.230 e. The minimum atomic E-state index is -0.645. The highest BCUT2D eigenvalue weighted by atomic mass is 35.5. The molecule has 1 N–H and O–H groups in total. The molecule has 0 aliphatic rings. The summed E-state index contributed by atoms with van der Waals surface area (Å²) in [6.45, 7) is 2.34. The van der Waals surface area contributed by atoms with Gasteiger partial charge in [-0.1, -0.05) is 35.4 Å². The summed E-state index contributed by atoms with van der Waals surface area (Å²) in [6, 6.07) is 12.2. The Morgan fingerprint density at radius 2 is 2.04 bits per heavy atom. The van der Waals surface area contributed by atoms with Crippen LogP contribution in [0.15, 0.2) is 47.8 Å². The second-order valence-electron chi connectivity index (χ2n) is 5.66. The molecule has 0 unspecified atom stereocenters. The Hall–Kier alpha value is -2.44. The number of ether oxygens (including phenoxy) is 1. The van der Waals surface area contributed by atoms with Crippen LogP contribution in [0.2, 0.25) is 5.02 Å². The summed E-state index contributed by atoms with van der Waals surface area (Å²) in [5.41, 5.74) is 1.83. The number of nitrogens with zero attached hydrogens (tertiary/aromatic N) is 1. The molecular weight excluding hydrogens is 375 g/mol. The number of aromatic nitrogens is 1. The van der Waals surface area contributed by atoms with Gasteiger partial charge in [-0.05, 0) is 31.2 Å². The fourth-order valence-electron chi connectivity index (χ4n) is 2.24. The molecular formula is C19H16ClFN2O2S. The SMILES string of the molecule is Cc1ccc(OCc2nc(CC(=O)Nc3cccc(Cl)c3F)cs2)cc1. The summed E-state index contributed by atoms with van der Waals surface area (Å²) in [6.07, 6.45) is 0.0486. The number of nitrogens with one attached hydrogen (secondary N) is 1. The van der Waals surface area contributed by atoms with Gasteiger partial charge in [0.25, 0.3) is 0 Å². The molecule has 0 saturated heterocycles. The predicted octanol–water partition coefficient (Wildman–Crippen LogP) is 5.00. The van der Waals surface area contributed by atoms with E-state index in [-0.39, 0.29) is 23.0 Å². The zero-order valence-electron chi connectivity index (χ0n) is 14.0. The minimum Gasteiger partial charge on any atom is -0.486 e. The average molecular weight is 391 g/mol. The first-order valence-electron chi connectivity index (χ1n) is 7.88. The molecule has 134 valence electrons. The van der Waals surface area contributed by atoms with Gasteiger partial charge in [-0.15, -0.1) is 11.3 Å². The Labute approximate surface area is 159 Å². The lowest BCUT2D eigenvalue weighted by atomic mass is 10.2. The van der Waals surface area contributed by atoms with Gasteiger partial charge in [-0.25, -0.2) is 9.37 Å². The van der Waals surface area contributed by atoms with Crippen LogP contribution in [0.1, 0.15) is 16.3 Å². The van der Waals surface area contributed by atoms with Gasteiger partial charge in [-0.2, -0.15) is 0 Å². The number of benzene rings is 2. The monoisotopic (exact) mass is 390 g/mol. The molecule has 7 heteroatoms. The molecule has 1 aromatic heterocycles. The van der Waals surface area contributed by atoms with Crippen molar-refractivity contribution in [3.8, 4) is 5.75 Å². The van der Waals surface area contributed by atoms with Crippen molar-refractivity contribution in [3.05, 3.63) is 74.9 Å². The summed E-state index contributed by atoms with van der Waals surface area (Å²) in [7, 11) is 0. The quantitative estimate of drug-likeness (QED) is 0.644. The fourth-order valence-corrected chi connectivity index (χ4v) is 3.11. The van der Waals surface area contributed by atoms with Crippen molar-refractivity contribution in [2.45, 2.75) is 20.0 Å². The van der Waals surface area contributed by atoms with Gasteiger partial charge in [0.2, 0.25) is 5.91 Å². The zero-order chi connectivity index (χ0) is 18.5. The van der Waals surface area contributed by atoms with Gasteiger partial charge in [-0.3, -0.25) is 4.79 Å². The molecule has 0 radical (unpaired) electrons. The summed E-state index contributed by atoms with van der Waals surface area (Å²) < 4.78 is 19.5. The number of halogens is 2. The average Bonchev–Trinajstić information content (AvgIpc) is 3.06. The van der Waals surface area contributed by atoms with E-state index < -0.39 is 5.82 Å². The summed E-state index contributed by atoms with van der Waals surface area (Å²) >= 11 is 7.12. The lowest BCUT2D eigenvalue weighted by molar-refractivity contribution is -0.115. The second-order valence-corrected chi connectivity index (χ2v) is 7.01. The van der Waals surface area contributed by atoms with Gasteiger partial charge in [0.05, 0.1) is 22.8 Å². The third-order valence-electron chi connectivity index (χ3n) is 3.55. The molecule has 0 aliphatic heterocycles. The van der Waals surface area contributed by atoms with E-state index in [1.54, 1.807) is 11.4 Å². The molecule has 0 saturated carbocycles. The van der Waals surface area contributed by atoms with Crippen molar-refractivity contribution < 1.29 is 13.9 Å². The molecule has 0 bridgehead atoms. The van der Waals surface area contributed by atoms with Crippen LogP contribution in [-0.2, 0) is 17.8 Å². The topological polar surface area (TPSA) is 51.2 Å². The van der Waals surface area contributed by atoms with Crippen molar-refractivity contribution >= 4 is 34.5 Å². The number of hydrogen-bond acceptors (Lipinski definition) is 4. The van der Waals surface area contributed by atoms with Crippen molar-refractivity contribution in [1.82, 2.24) is 4.98 Å². The van der Waals surface area contributed by atoms with Crippen LogP contribution in [0.25, 0.3) is 0 Å². The van der Waals surface area contributed by atoms with E-state index >= 15 is 0 Å². The third-order valence-corrected chi connectivity index (χ3v) is 4.71. The second kappa shape index (κ2) is 8.29. The van der Waals surface area contributed by atoms with Crippen molar-refractivity contribution in [3.63, 3.8) is 0 Å². The molecule has 4 nitrogen and oxygen atoms in total. The first-order valence-corrected chi connectivity index (χ1v) is 9.13. The van der Waals surface area contributed by atoms with Gasteiger partial charge in [0.1, 0.15) is 17.4 Å². The van der Waals surface area contributed by atoms with Crippen LogP contribution in [0.5, 0.6) is 5.75 Å². The van der Waals surface area contributed by atoms with E-state index in [0.29, 0.717) is 12.3 Å². The summed E-state index contributed by atoms with van der Waals surface area (Å²) in [5.74, 6) is -0.239. The Morgan fingerprint density at radius 1 is 1.27 bits per heavy atom. The number of hydrogen-bond donors (Lipinski definition) is 1. The Kier molecular flexibility index (Phi) is 5.85. The molecule has 0 fully saturated rings. The molecule has 26 heavy (non-hydrogen) atoms. The van der Waals surface area contributed by atoms with E-state index in [0.717, 1.165) is 16.3 Å². The molecule has 3 rings (SSSR count). The molecule has 3 aromatic rings. The lowest BCUT2D eigenvalue weighted by Crippen LogP contribution is -2.15. The molecule has 0 atom stereocenters. The number of amides is 1. The molecule has 1 heterocycles.